The van der Waals surface area contributed by atoms with E-state index in [1.54, 1.807) is 0 Å². The fraction of sp³-hybridized carbons (Fsp3) is 0. The molecule has 2 N–H and O–H groups in total. The number of hydrogen-bond acceptors (Lipinski definition) is 1. The van der Waals surface area contributed by atoms with Crippen LogP contribution in [0, 0.1) is 41.7 Å². The van der Waals surface area contributed by atoms with Crippen molar-refractivity contribution in [2.24, 2.45) is 0 Å². The van der Waals surface area contributed by atoms with E-state index < -0.39 is 6.16 Å². The average Bonchev–Trinajstić information content (AvgIpc) is 0.811. The predicted octanol–water partition coefficient (Wildman–Crippen LogP) is -2.66. The maximum absolute atomic E-state index is 8.56. The Kier molecular flexibility index (Phi) is 85.3. The van der Waals surface area contributed by atoms with Crippen molar-refractivity contribution < 1.29 is 95.3 Å². The van der Waals surface area contributed by atoms with Crippen molar-refractivity contribution >= 4 is 55.0 Å². The molecule has 0 fully saturated rings. The van der Waals surface area contributed by atoms with Gasteiger partial charge in [-0.05, 0) is 0 Å². The number of carbonyl (C=O) groups is 1. The molecule has 0 saturated heterocycles. The fourth-order valence-corrected chi connectivity index (χ4v) is 0. The summed E-state index contributed by atoms with van der Waals surface area (Å²) in [5.41, 5.74) is 0. The van der Waals surface area contributed by atoms with Crippen LogP contribution in [0.25, 0.3) is 0 Å². The first-order chi connectivity index (χ1) is 1.73. The van der Waals surface area contributed by atoms with Gasteiger partial charge >= 0.3 is 84.6 Å². The molecule has 7 heteroatoms. The standard InChI is InChI=1S/CH2O3.Ba.Ce.FH.Na.3H/c2-1(3)4;;;;;;;/h(H2,2,3,4);;;1H;;;;/q;+2;;;+1;3*-1. The van der Waals surface area contributed by atoms with Gasteiger partial charge in [0, 0.05) is 41.7 Å². The van der Waals surface area contributed by atoms with E-state index in [1.165, 1.54) is 0 Å². The summed E-state index contributed by atoms with van der Waals surface area (Å²) in [6, 6.07) is 0. The van der Waals surface area contributed by atoms with Crippen LogP contribution in [0.3, 0.4) is 0 Å². The zero-order valence-corrected chi connectivity index (χ0v) is 14.0. The van der Waals surface area contributed by atoms with E-state index in [2.05, 4.69) is 0 Å². The third kappa shape index (κ3) is 61.3. The summed E-state index contributed by atoms with van der Waals surface area (Å²) < 4.78 is 0. The molecule has 3 nitrogen and oxygen atoms in total. The van der Waals surface area contributed by atoms with Gasteiger partial charge in [-0.3, -0.25) is 4.70 Å². The molecule has 0 aliphatic carbocycles. The zero-order valence-electron chi connectivity index (χ0n) is 7.42. The summed E-state index contributed by atoms with van der Waals surface area (Å²) >= 11 is 0. The van der Waals surface area contributed by atoms with E-state index in [-0.39, 0.29) is 129 Å². The summed E-state index contributed by atoms with van der Waals surface area (Å²) in [5.74, 6) is 0. The molecule has 0 aromatic heterocycles. The van der Waals surface area contributed by atoms with Crippen LogP contribution in [0.5, 0.6) is 0 Å². The topological polar surface area (TPSA) is 57.5 Å². The predicted molar refractivity (Wildman–Crippen MR) is 22.2 cm³/mol. The second-order valence-corrected chi connectivity index (χ2v) is 0.283. The molecule has 0 aromatic rings. The van der Waals surface area contributed by atoms with E-state index in [9.17, 15) is 0 Å². The maximum atomic E-state index is 8.56. The molecular formula is CH6BaCeFNaO3. The molecule has 8 heavy (non-hydrogen) atoms. The number of rotatable bonds is 0. The van der Waals surface area contributed by atoms with Gasteiger partial charge in [0.1, 0.15) is 0 Å². The molecule has 0 saturated carbocycles. The van der Waals surface area contributed by atoms with Crippen LogP contribution in [0.1, 0.15) is 4.28 Å². The first-order valence-corrected chi connectivity index (χ1v) is 0.651. The molecule has 0 atom stereocenters. The van der Waals surface area contributed by atoms with Gasteiger partial charge in [0.2, 0.25) is 0 Å². The molecule has 0 rings (SSSR count). The summed E-state index contributed by atoms with van der Waals surface area (Å²) in [6.07, 6.45) is -1.83. The third-order valence-corrected chi connectivity index (χ3v) is 0. The smallest absolute Gasteiger partial charge is 1.00 e. The minimum atomic E-state index is -1.83. The van der Waals surface area contributed by atoms with Crippen LogP contribution in [0.2, 0.25) is 0 Å². The molecule has 0 radical (unpaired) electrons. The van der Waals surface area contributed by atoms with E-state index in [4.69, 9.17) is 15.0 Å². The van der Waals surface area contributed by atoms with Crippen LogP contribution in [0.4, 0.5) is 9.50 Å². The van der Waals surface area contributed by atoms with Crippen molar-refractivity contribution in [3.8, 4) is 0 Å². The first-order valence-electron chi connectivity index (χ1n) is 0.651. The van der Waals surface area contributed by atoms with Crippen LogP contribution in [-0.4, -0.2) is 65.2 Å². The van der Waals surface area contributed by atoms with Crippen LogP contribution >= 0.6 is 0 Å². The van der Waals surface area contributed by atoms with E-state index in [1.807, 2.05) is 0 Å². The molecule has 42 valence electrons. The van der Waals surface area contributed by atoms with Gasteiger partial charge in [0.15, 0.2) is 0 Å². The van der Waals surface area contributed by atoms with Gasteiger partial charge in [0.25, 0.3) is 0 Å². The molecule has 0 unspecified atom stereocenters. The van der Waals surface area contributed by atoms with Crippen LogP contribution in [-0.2, 0) is 0 Å². The number of hydrogen-bond donors (Lipinski definition) is 2. The fourth-order valence-electron chi connectivity index (χ4n) is 0. The SMILES string of the molecule is F.O=C(O)O.[Ba+2].[Ce].[H-].[H-].[H-].[Na+]. The molecule has 0 amide bonds. The summed E-state index contributed by atoms with van der Waals surface area (Å²) in [7, 11) is 0. The molecule has 0 bridgehead atoms. The van der Waals surface area contributed by atoms with Crippen molar-refractivity contribution in [3.63, 3.8) is 0 Å². The second kappa shape index (κ2) is 22.5. The summed E-state index contributed by atoms with van der Waals surface area (Å²) in [4.78, 5) is 8.56. The third-order valence-electron chi connectivity index (χ3n) is 0. The van der Waals surface area contributed by atoms with Crippen LogP contribution in [0.15, 0.2) is 0 Å². The minimum Gasteiger partial charge on any atom is -1.00 e. The molecule has 0 aliphatic heterocycles. The van der Waals surface area contributed by atoms with E-state index >= 15 is 0 Å². The Labute approximate surface area is 147 Å². The Balaban J connectivity index is -0.00000000214. The Morgan fingerprint density at radius 2 is 1.38 bits per heavy atom. The summed E-state index contributed by atoms with van der Waals surface area (Å²) in [5, 5.41) is 13.9. The van der Waals surface area contributed by atoms with Crippen molar-refractivity contribution in [2.45, 2.75) is 0 Å². The number of carboxylic acid groups (broad SMARTS) is 2. The van der Waals surface area contributed by atoms with E-state index in [0.29, 0.717) is 0 Å². The van der Waals surface area contributed by atoms with E-state index in [0.717, 1.165) is 0 Å². The molecule has 0 aromatic carbocycles. The normalized spacial score (nSPS) is 3.00. The van der Waals surface area contributed by atoms with Crippen molar-refractivity contribution in [3.05, 3.63) is 0 Å². The van der Waals surface area contributed by atoms with Gasteiger partial charge < -0.3 is 14.5 Å². The maximum Gasteiger partial charge on any atom is 2.00 e. The van der Waals surface area contributed by atoms with Crippen molar-refractivity contribution in [1.29, 1.82) is 0 Å². The van der Waals surface area contributed by atoms with Crippen molar-refractivity contribution in [1.82, 2.24) is 0 Å². The molecule has 0 heterocycles. The molecular weight excluding hydrogens is 379 g/mol. The van der Waals surface area contributed by atoms with Gasteiger partial charge in [-0.25, -0.2) is 4.79 Å². The van der Waals surface area contributed by atoms with Gasteiger partial charge in [-0.1, -0.05) is 0 Å². The number of halogens is 1. The van der Waals surface area contributed by atoms with Gasteiger partial charge in [-0.2, -0.15) is 0 Å². The Morgan fingerprint density at radius 3 is 1.38 bits per heavy atom. The van der Waals surface area contributed by atoms with Gasteiger partial charge in [0.05, 0.1) is 0 Å². The zero-order chi connectivity index (χ0) is 3.58. The summed E-state index contributed by atoms with van der Waals surface area (Å²) in [6.45, 7) is 0. The largest absolute Gasteiger partial charge is 2.00 e. The van der Waals surface area contributed by atoms with Crippen LogP contribution < -0.4 is 29.6 Å². The molecule has 0 aliphatic rings. The van der Waals surface area contributed by atoms with Crippen molar-refractivity contribution in [2.75, 3.05) is 0 Å². The minimum absolute atomic E-state index is 0. The quantitative estimate of drug-likeness (QED) is 0.448. The monoisotopic (exact) mass is 386 g/mol. The Morgan fingerprint density at radius 1 is 1.38 bits per heavy atom. The first kappa shape index (κ1) is 30.4. The average molecular weight is 385 g/mol. The Hall–Kier alpha value is 3.15. The van der Waals surface area contributed by atoms with Gasteiger partial charge in [-0.15, -0.1) is 0 Å². The molecule has 0 spiro atoms. The Bertz CT molecular complexity index is 51.6. The second-order valence-electron chi connectivity index (χ2n) is 0.283.